The molecular weight excluding hydrogens is 404 g/mol. The zero-order valence-electron chi connectivity index (χ0n) is 16.4. The summed E-state index contributed by atoms with van der Waals surface area (Å²) in [6.07, 6.45) is 6.35. The molecule has 3 fully saturated rings. The molecule has 2 N–H and O–H groups in total. The first kappa shape index (κ1) is 21.9. The minimum absolute atomic E-state index is 0.0157. The van der Waals surface area contributed by atoms with Crippen molar-refractivity contribution in [3.63, 3.8) is 0 Å². The lowest BCUT2D eigenvalue weighted by molar-refractivity contribution is -0.130. The van der Waals surface area contributed by atoms with E-state index in [1.54, 1.807) is 0 Å². The quantitative estimate of drug-likeness (QED) is 0.501. The Bertz CT molecular complexity index is 788. The van der Waals surface area contributed by atoms with E-state index in [1.807, 2.05) is 9.80 Å². The molecule has 1 amide bonds. The van der Waals surface area contributed by atoms with Crippen molar-refractivity contribution in [2.45, 2.75) is 37.3 Å². The van der Waals surface area contributed by atoms with Gasteiger partial charge in [-0.25, -0.2) is 16.8 Å². The Morgan fingerprint density at radius 3 is 2.36 bits per heavy atom. The van der Waals surface area contributed by atoms with Crippen molar-refractivity contribution in [3.05, 3.63) is 6.42 Å². The number of carbonyl (C=O) groups is 1. The number of piperidine rings is 1. The van der Waals surface area contributed by atoms with Gasteiger partial charge < -0.3 is 5.73 Å². The minimum atomic E-state index is -3.27. The van der Waals surface area contributed by atoms with Gasteiger partial charge in [0.25, 0.3) is 0 Å². The van der Waals surface area contributed by atoms with Crippen molar-refractivity contribution in [1.82, 2.24) is 14.1 Å². The average molecular weight is 436 g/mol. The van der Waals surface area contributed by atoms with E-state index in [1.165, 1.54) is 10.6 Å². The van der Waals surface area contributed by atoms with Gasteiger partial charge in [-0.1, -0.05) is 0 Å². The SMILES string of the molecule is CS(=O)(=O)N1CCN(CCS(=O)(=O)CCN2[C@@H]3C[CH]C[C@@]2(C(N)=O)CC3)CC1. The number of carbonyl (C=O) groups excluding carboxylic acids is 1. The highest BCUT2D eigenvalue weighted by molar-refractivity contribution is 7.91. The van der Waals surface area contributed by atoms with Crippen LogP contribution >= 0.6 is 0 Å². The first-order chi connectivity index (χ1) is 13.0. The van der Waals surface area contributed by atoms with E-state index in [2.05, 4.69) is 6.42 Å². The smallest absolute Gasteiger partial charge is 0.237 e. The summed E-state index contributed by atoms with van der Waals surface area (Å²) >= 11 is 0. The van der Waals surface area contributed by atoms with Gasteiger partial charge in [0, 0.05) is 45.3 Å². The van der Waals surface area contributed by atoms with Crippen LogP contribution in [0, 0.1) is 6.42 Å². The van der Waals surface area contributed by atoms with Crippen LogP contribution in [0.25, 0.3) is 0 Å². The van der Waals surface area contributed by atoms with Gasteiger partial charge in [0.15, 0.2) is 9.84 Å². The molecule has 0 aromatic carbocycles. The number of nitrogens with zero attached hydrogens (tertiary/aromatic N) is 3. The topological polar surface area (TPSA) is 121 Å². The molecule has 28 heavy (non-hydrogen) atoms. The fraction of sp³-hybridized carbons (Fsp3) is 0.882. The number of sulfonamides is 1. The standard InChI is InChI=1S/C17H31N4O5S2/c1-27(23,24)20-9-7-19(8-10-20)11-13-28(25,26)14-12-21-15-3-2-5-17(21,6-4-15)16(18)22/h2,15H,3-14H2,1H3,(H2,18,22)/t15-,17+/m1/s1. The molecule has 2 bridgehead atoms. The number of hydrogen-bond donors (Lipinski definition) is 1. The zero-order valence-corrected chi connectivity index (χ0v) is 18.0. The van der Waals surface area contributed by atoms with E-state index >= 15 is 0 Å². The van der Waals surface area contributed by atoms with Gasteiger partial charge in [-0.3, -0.25) is 14.6 Å². The van der Waals surface area contributed by atoms with Gasteiger partial charge in [0.05, 0.1) is 17.8 Å². The lowest BCUT2D eigenvalue weighted by Gasteiger charge is -2.42. The Hall–Kier alpha value is -0.750. The van der Waals surface area contributed by atoms with Gasteiger partial charge in [-0.2, -0.15) is 4.31 Å². The van der Waals surface area contributed by atoms with Crippen LogP contribution < -0.4 is 5.73 Å². The number of amides is 1. The summed E-state index contributed by atoms with van der Waals surface area (Å²) in [5, 5.41) is 0. The molecule has 0 aromatic rings. The van der Waals surface area contributed by atoms with E-state index in [-0.39, 0.29) is 23.5 Å². The molecule has 161 valence electrons. The predicted octanol–water partition coefficient (Wildman–Crippen LogP) is -1.34. The summed E-state index contributed by atoms with van der Waals surface area (Å²) in [5.41, 5.74) is 4.96. The zero-order chi connectivity index (χ0) is 20.6. The molecule has 0 aliphatic carbocycles. The highest BCUT2D eigenvalue weighted by Crippen LogP contribution is 2.43. The maximum Gasteiger partial charge on any atom is 0.237 e. The maximum absolute atomic E-state index is 12.6. The molecule has 0 aromatic heterocycles. The summed E-state index contributed by atoms with van der Waals surface area (Å²) in [6.45, 7) is 2.61. The molecule has 3 heterocycles. The van der Waals surface area contributed by atoms with Crippen molar-refractivity contribution in [2.75, 3.05) is 57.0 Å². The number of sulfone groups is 1. The molecule has 3 aliphatic rings. The van der Waals surface area contributed by atoms with Gasteiger partial charge in [0.1, 0.15) is 5.54 Å². The summed E-state index contributed by atoms with van der Waals surface area (Å²) in [7, 11) is -6.46. The van der Waals surface area contributed by atoms with Crippen molar-refractivity contribution in [2.24, 2.45) is 5.73 Å². The number of rotatable bonds is 8. The Labute approximate surface area is 168 Å². The van der Waals surface area contributed by atoms with Crippen molar-refractivity contribution >= 4 is 25.8 Å². The van der Waals surface area contributed by atoms with E-state index in [0.29, 0.717) is 52.1 Å². The number of fused-ring (bicyclic) bond motifs is 2. The second-order valence-electron chi connectivity index (χ2n) is 8.17. The molecule has 0 spiro atoms. The summed E-state index contributed by atoms with van der Waals surface area (Å²) < 4.78 is 49.6. The van der Waals surface area contributed by atoms with Crippen LogP contribution in [-0.4, -0.2) is 105 Å². The van der Waals surface area contributed by atoms with Crippen LogP contribution in [0.1, 0.15) is 25.7 Å². The van der Waals surface area contributed by atoms with E-state index in [0.717, 1.165) is 12.8 Å². The Morgan fingerprint density at radius 1 is 1.11 bits per heavy atom. The van der Waals surface area contributed by atoms with Crippen LogP contribution in [0.5, 0.6) is 0 Å². The molecule has 0 unspecified atom stereocenters. The number of hydrogen-bond acceptors (Lipinski definition) is 7. The number of primary amides is 1. The third-order valence-corrected chi connectivity index (χ3v) is 9.34. The fourth-order valence-corrected chi connectivity index (χ4v) is 6.73. The normalized spacial score (nSPS) is 30.5. The molecule has 2 atom stereocenters. The Morgan fingerprint density at radius 2 is 1.75 bits per heavy atom. The third-order valence-electron chi connectivity index (χ3n) is 6.42. The van der Waals surface area contributed by atoms with Crippen LogP contribution in [0.3, 0.4) is 0 Å². The van der Waals surface area contributed by atoms with Crippen LogP contribution in [0.15, 0.2) is 0 Å². The molecule has 3 aliphatic heterocycles. The lowest BCUT2D eigenvalue weighted by atomic mass is 9.87. The minimum Gasteiger partial charge on any atom is -0.368 e. The molecule has 3 saturated heterocycles. The second kappa shape index (κ2) is 8.17. The van der Waals surface area contributed by atoms with E-state index < -0.39 is 25.4 Å². The fourth-order valence-electron chi connectivity index (χ4n) is 4.69. The van der Waals surface area contributed by atoms with Gasteiger partial charge in [0.2, 0.25) is 15.9 Å². The van der Waals surface area contributed by atoms with Gasteiger partial charge in [-0.05, 0) is 32.1 Å². The van der Waals surface area contributed by atoms with Gasteiger partial charge >= 0.3 is 0 Å². The van der Waals surface area contributed by atoms with Gasteiger partial charge in [-0.15, -0.1) is 0 Å². The highest BCUT2D eigenvalue weighted by Gasteiger charge is 2.52. The molecule has 3 rings (SSSR count). The predicted molar refractivity (Wildman–Crippen MR) is 107 cm³/mol. The molecule has 1 radical (unpaired) electrons. The third kappa shape index (κ3) is 4.69. The second-order valence-corrected chi connectivity index (χ2v) is 12.5. The maximum atomic E-state index is 12.6. The molecule has 11 heteroatoms. The first-order valence-electron chi connectivity index (χ1n) is 9.80. The van der Waals surface area contributed by atoms with Crippen molar-refractivity contribution in [3.8, 4) is 0 Å². The Balaban J connectivity index is 1.49. The lowest BCUT2D eigenvalue weighted by Crippen LogP contribution is -2.59. The summed E-state index contributed by atoms with van der Waals surface area (Å²) in [6, 6.07) is 0.209. The molecular formula is C17H31N4O5S2. The van der Waals surface area contributed by atoms with E-state index in [9.17, 15) is 21.6 Å². The van der Waals surface area contributed by atoms with Crippen molar-refractivity contribution in [1.29, 1.82) is 0 Å². The largest absolute Gasteiger partial charge is 0.368 e. The van der Waals surface area contributed by atoms with Crippen molar-refractivity contribution < 1.29 is 21.6 Å². The summed E-state index contributed by atoms with van der Waals surface area (Å²) in [5.74, 6) is -0.297. The molecule has 0 saturated carbocycles. The first-order valence-corrected chi connectivity index (χ1v) is 13.5. The van der Waals surface area contributed by atoms with Crippen LogP contribution in [0.2, 0.25) is 0 Å². The number of nitrogens with two attached hydrogens (primary N) is 1. The molecule has 9 nitrogen and oxygen atoms in total. The number of piperazine rings is 1. The van der Waals surface area contributed by atoms with Crippen LogP contribution in [0.4, 0.5) is 0 Å². The van der Waals surface area contributed by atoms with Crippen LogP contribution in [-0.2, 0) is 24.7 Å². The van der Waals surface area contributed by atoms with E-state index in [4.69, 9.17) is 5.73 Å². The highest BCUT2D eigenvalue weighted by atomic mass is 32.2. The monoisotopic (exact) mass is 435 g/mol. The average Bonchev–Trinajstić information content (AvgIpc) is 2.82. The Kier molecular flexibility index (Phi) is 6.41. The summed E-state index contributed by atoms with van der Waals surface area (Å²) in [4.78, 5) is 16.1.